The Kier molecular flexibility index (Phi) is 8.56. The van der Waals surface area contributed by atoms with Crippen molar-refractivity contribution < 1.29 is 23.9 Å². The molecule has 0 aliphatic heterocycles. The summed E-state index contributed by atoms with van der Waals surface area (Å²) in [6.45, 7) is 2.22. The number of anilines is 1. The summed E-state index contributed by atoms with van der Waals surface area (Å²) in [5.41, 5.74) is 12.2. The molecule has 31 heavy (non-hydrogen) atoms. The number of aliphatic carboxylic acids is 1. The monoisotopic (exact) mass is 432 g/mol. The van der Waals surface area contributed by atoms with Crippen LogP contribution in [0.5, 0.6) is 0 Å². The van der Waals surface area contributed by atoms with Gasteiger partial charge in [-0.1, -0.05) is 0 Å². The molecule has 2 rings (SSSR count). The summed E-state index contributed by atoms with van der Waals surface area (Å²) in [5, 5.41) is 15.0. The first-order valence-electron chi connectivity index (χ1n) is 10.0. The zero-order valence-electron chi connectivity index (χ0n) is 17.4. The number of fused-ring (bicyclic) bond motifs is 1. The van der Waals surface area contributed by atoms with E-state index >= 15 is 0 Å². The summed E-state index contributed by atoms with van der Waals surface area (Å²) in [6, 6.07) is 4.02. The van der Waals surface area contributed by atoms with Crippen LogP contribution in [0.4, 0.5) is 5.69 Å². The highest BCUT2D eigenvalue weighted by Gasteiger charge is 2.19. The molecule has 0 bridgehead atoms. The Morgan fingerprint density at radius 1 is 1.19 bits per heavy atom. The van der Waals surface area contributed by atoms with Crippen molar-refractivity contribution in [3.05, 3.63) is 39.7 Å². The highest BCUT2D eigenvalue weighted by molar-refractivity contribution is 5.86. The average Bonchev–Trinajstić information content (AvgIpc) is 2.69. The smallest absolute Gasteiger partial charge is 0.340 e. The summed E-state index contributed by atoms with van der Waals surface area (Å²) >= 11 is 0. The second-order valence-electron chi connectivity index (χ2n) is 7.27. The molecular weight excluding hydrogens is 404 g/mol. The lowest BCUT2D eigenvalue weighted by molar-refractivity contribution is -0.142. The number of nitrogens with two attached hydrogens (primary N) is 2. The maximum absolute atomic E-state index is 12.3. The molecule has 2 aromatic rings. The standard InChI is InChI=1S/C21H28N4O6/c1-12-14-6-5-13(23)10-17(14)31-21(30)15(12)11-19(27)24-9-3-2-4-16(20(28)29)25-18(26)7-8-22/h5-6,10,16H,2-4,7-9,11,22-23H2,1H3,(H,24,27)(H,25,26)(H,28,29). The van der Waals surface area contributed by atoms with Crippen LogP contribution in [0.3, 0.4) is 0 Å². The summed E-state index contributed by atoms with van der Waals surface area (Å²) in [5.74, 6) is -1.86. The van der Waals surface area contributed by atoms with Gasteiger partial charge in [-0.05, 0) is 43.9 Å². The minimum atomic E-state index is -1.12. The Balaban J connectivity index is 1.84. The first-order valence-corrected chi connectivity index (χ1v) is 10.0. The van der Waals surface area contributed by atoms with Gasteiger partial charge in [-0.15, -0.1) is 0 Å². The van der Waals surface area contributed by atoms with E-state index in [0.717, 1.165) is 0 Å². The number of nitrogen functional groups attached to an aromatic ring is 1. The van der Waals surface area contributed by atoms with Crippen LogP contribution < -0.4 is 27.7 Å². The lowest BCUT2D eigenvalue weighted by Gasteiger charge is -2.14. The zero-order valence-corrected chi connectivity index (χ0v) is 17.4. The molecule has 0 spiro atoms. The van der Waals surface area contributed by atoms with Crippen LogP contribution in [0.15, 0.2) is 27.4 Å². The van der Waals surface area contributed by atoms with Crippen molar-refractivity contribution in [1.82, 2.24) is 10.6 Å². The molecule has 0 saturated heterocycles. The van der Waals surface area contributed by atoms with Crippen molar-refractivity contribution in [2.45, 2.75) is 45.1 Å². The van der Waals surface area contributed by atoms with Gasteiger partial charge in [0.25, 0.3) is 0 Å². The molecule has 10 nitrogen and oxygen atoms in total. The number of benzene rings is 1. The average molecular weight is 432 g/mol. The third-order valence-electron chi connectivity index (χ3n) is 4.90. The lowest BCUT2D eigenvalue weighted by atomic mass is 10.0. The normalized spacial score (nSPS) is 11.8. The molecule has 1 atom stereocenters. The van der Waals surface area contributed by atoms with Gasteiger partial charge in [0.15, 0.2) is 0 Å². The van der Waals surface area contributed by atoms with Gasteiger partial charge in [0.2, 0.25) is 11.8 Å². The van der Waals surface area contributed by atoms with Crippen LogP contribution in [0.1, 0.15) is 36.8 Å². The topological polar surface area (TPSA) is 178 Å². The number of amides is 2. The Hall–Kier alpha value is -3.40. The first-order chi connectivity index (χ1) is 14.7. The van der Waals surface area contributed by atoms with Gasteiger partial charge < -0.3 is 31.6 Å². The second-order valence-corrected chi connectivity index (χ2v) is 7.27. The van der Waals surface area contributed by atoms with Gasteiger partial charge >= 0.3 is 11.6 Å². The number of nitrogens with one attached hydrogen (secondary N) is 2. The Labute approximate surface area is 179 Å². The summed E-state index contributed by atoms with van der Waals surface area (Å²) in [4.78, 5) is 47.3. The van der Waals surface area contributed by atoms with E-state index in [4.69, 9.17) is 15.9 Å². The number of hydrogen-bond acceptors (Lipinski definition) is 7. The number of aryl methyl sites for hydroxylation is 1. The quantitative estimate of drug-likeness (QED) is 0.193. The summed E-state index contributed by atoms with van der Waals surface area (Å²) < 4.78 is 5.28. The van der Waals surface area contributed by atoms with Crippen LogP contribution in [0.25, 0.3) is 11.0 Å². The summed E-state index contributed by atoms with van der Waals surface area (Å²) in [6.07, 6.45) is 1.18. The van der Waals surface area contributed by atoms with E-state index in [1.54, 1.807) is 25.1 Å². The van der Waals surface area contributed by atoms with E-state index in [-0.39, 0.29) is 37.3 Å². The highest BCUT2D eigenvalue weighted by Crippen LogP contribution is 2.21. The van der Waals surface area contributed by atoms with Gasteiger partial charge in [0, 0.05) is 36.7 Å². The molecule has 0 aliphatic rings. The number of hydrogen-bond donors (Lipinski definition) is 5. The van der Waals surface area contributed by atoms with E-state index in [9.17, 15) is 24.3 Å². The Morgan fingerprint density at radius 2 is 1.94 bits per heavy atom. The Bertz CT molecular complexity index is 1020. The zero-order chi connectivity index (χ0) is 23.0. The largest absolute Gasteiger partial charge is 0.480 e. The second kappa shape index (κ2) is 11.1. The fourth-order valence-corrected chi connectivity index (χ4v) is 3.19. The molecule has 0 fully saturated rings. The lowest BCUT2D eigenvalue weighted by Crippen LogP contribution is -2.41. The van der Waals surface area contributed by atoms with Crippen LogP contribution >= 0.6 is 0 Å². The fraction of sp³-hybridized carbons (Fsp3) is 0.429. The molecule has 2 amide bonds. The van der Waals surface area contributed by atoms with Crippen molar-refractivity contribution in [2.75, 3.05) is 18.8 Å². The molecule has 1 aromatic carbocycles. The predicted molar refractivity (Wildman–Crippen MR) is 115 cm³/mol. The van der Waals surface area contributed by atoms with Gasteiger partial charge in [-0.2, -0.15) is 0 Å². The number of carboxylic acids is 1. The maximum atomic E-state index is 12.3. The van der Waals surface area contributed by atoms with E-state index in [1.165, 1.54) is 0 Å². The minimum absolute atomic E-state index is 0.0649. The van der Waals surface area contributed by atoms with Crippen LogP contribution in [-0.2, 0) is 20.8 Å². The van der Waals surface area contributed by atoms with Crippen LogP contribution in [0.2, 0.25) is 0 Å². The van der Waals surface area contributed by atoms with Gasteiger partial charge in [-0.25, -0.2) is 9.59 Å². The predicted octanol–water partition coefficient (Wildman–Crippen LogP) is 0.431. The molecule has 168 valence electrons. The Morgan fingerprint density at radius 3 is 2.61 bits per heavy atom. The minimum Gasteiger partial charge on any atom is -0.480 e. The summed E-state index contributed by atoms with van der Waals surface area (Å²) in [7, 11) is 0. The number of carbonyl (C=O) groups is 3. The molecule has 1 unspecified atom stereocenters. The maximum Gasteiger partial charge on any atom is 0.340 e. The van der Waals surface area contributed by atoms with Crippen molar-refractivity contribution in [1.29, 1.82) is 0 Å². The molecule has 10 heteroatoms. The van der Waals surface area contributed by atoms with Crippen LogP contribution in [-0.4, -0.2) is 42.0 Å². The molecule has 1 aromatic heterocycles. The van der Waals surface area contributed by atoms with Crippen molar-refractivity contribution >= 4 is 34.4 Å². The van der Waals surface area contributed by atoms with Gasteiger partial charge in [-0.3, -0.25) is 9.59 Å². The van der Waals surface area contributed by atoms with Gasteiger partial charge in [0.05, 0.1) is 12.0 Å². The number of rotatable bonds is 11. The molecular formula is C21H28N4O6. The van der Waals surface area contributed by atoms with Crippen molar-refractivity contribution in [3.8, 4) is 0 Å². The molecule has 7 N–H and O–H groups in total. The number of carbonyl (C=O) groups excluding carboxylic acids is 2. The SMILES string of the molecule is Cc1c(CC(=O)NCCCCC(NC(=O)CCN)C(=O)O)c(=O)oc2cc(N)ccc12. The van der Waals surface area contributed by atoms with E-state index in [2.05, 4.69) is 10.6 Å². The van der Waals surface area contributed by atoms with Crippen LogP contribution in [0, 0.1) is 6.92 Å². The van der Waals surface area contributed by atoms with E-state index < -0.39 is 23.5 Å². The van der Waals surface area contributed by atoms with E-state index in [1.807, 2.05) is 0 Å². The first kappa shape index (κ1) is 23.9. The number of unbranched alkanes of at least 4 members (excludes halogenated alkanes) is 1. The van der Waals surface area contributed by atoms with E-state index in [0.29, 0.717) is 41.6 Å². The third kappa shape index (κ3) is 6.82. The molecule has 0 aliphatic carbocycles. The third-order valence-corrected chi connectivity index (χ3v) is 4.90. The molecule has 0 radical (unpaired) electrons. The van der Waals surface area contributed by atoms with Gasteiger partial charge in [0.1, 0.15) is 11.6 Å². The van der Waals surface area contributed by atoms with Crippen molar-refractivity contribution in [2.24, 2.45) is 5.73 Å². The van der Waals surface area contributed by atoms with Crippen molar-refractivity contribution in [3.63, 3.8) is 0 Å². The fourth-order valence-electron chi connectivity index (χ4n) is 3.19. The highest BCUT2D eigenvalue weighted by atomic mass is 16.4. The molecule has 0 saturated carbocycles. The molecule has 1 heterocycles. The number of carboxylic acid groups (broad SMARTS) is 1.